The summed E-state index contributed by atoms with van der Waals surface area (Å²) in [5.41, 5.74) is 0. The van der Waals surface area contributed by atoms with Crippen LogP contribution in [0.4, 0.5) is 0 Å². The molecule has 0 bridgehead atoms. The molecule has 22 heavy (non-hydrogen) atoms. The highest BCUT2D eigenvalue weighted by molar-refractivity contribution is 8.48. The molecule has 0 aliphatic carbocycles. The van der Waals surface area contributed by atoms with E-state index in [2.05, 4.69) is 29.9 Å². The second-order valence-corrected chi connectivity index (χ2v) is 7.36. The minimum Gasteiger partial charge on any atom is -0.434 e. The van der Waals surface area contributed by atoms with Gasteiger partial charge in [-0.25, -0.2) is 19.9 Å². The van der Waals surface area contributed by atoms with Crippen molar-refractivity contribution in [1.29, 1.82) is 0 Å². The molecule has 0 fully saturated rings. The van der Waals surface area contributed by atoms with Gasteiger partial charge in [0.15, 0.2) is 10.3 Å². The molecule has 110 valence electrons. The first kappa shape index (κ1) is 14.9. The van der Waals surface area contributed by atoms with E-state index < -0.39 is 0 Å². The number of aromatic nitrogens is 6. The number of thioether (sulfide) groups is 2. The monoisotopic (exact) mass is 345 g/mol. The quantitative estimate of drug-likeness (QED) is 0.398. The fourth-order valence-corrected chi connectivity index (χ4v) is 4.27. The van der Waals surface area contributed by atoms with Gasteiger partial charge >= 0.3 is 0 Å². The fraction of sp³-hybridized carbons (Fsp3) is 0. The molecule has 0 aliphatic heterocycles. The molecule has 3 rings (SSSR count). The van der Waals surface area contributed by atoms with E-state index in [-0.39, 0.29) is 0 Å². The lowest BCUT2D eigenvalue weighted by atomic mass is 10.7. The van der Waals surface area contributed by atoms with E-state index in [9.17, 15) is 0 Å². The lowest BCUT2D eigenvalue weighted by molar-refractivity contribution is 0.971. The van der Waals surface area contributed by atoms with Gasteiger partial charge in [-0.2, -0.15) is 0 Å². The van der Waals surface area contributed by atoms with Crippen LogP contribution in [-0.2, 0) is 0 Å². The van der Waals surface area contributed by atoms with Crippen LogP contribution in [0, 0.1) is 4.77 Å². The van der Waals surface area contributed by atoms with Crippen LogP contribution in [0.3, 0.4) is 0 Å². The van der Waals surface area contributed by atoms with Crippen LogP contribution < -0.4 is 4.98 Å². The molecule has 0 spiro atoms. The maximum absolute atomic E-state index is 4.22. The van der Waals surface area contributed by atoms with Crippen molar-refractivity contribution in [2.24, 2.45) is 0 Å². The molecule has 0 unspecified atom stereocenters. The van der Waals surface area contributed by atoms with Crippen molar-refractivity contribution < 1.29 is 0 Å². The van der Waals surface area contributed by atoms with E-state index in [1.165, 1.54) is 34.5 Å². The third kappa shape index (κ3) is 4.52. The summed E-state index contributed by atoms with van der Waals surface area (Å²) in [5.74, 6) is 0. The molecule has 0 radical (unpaired) electrons. The standard InChI is InChI=1S/C13H9N6S3/c1-4-14-10(15-5-1)20-13(21-11-16-6-2-7-17-11)22-12-18-8-3-9-19-12/h1-9H/q-1. The summed E-state index contributed by atoms with van der Waals surface area (Å²) in [6.45, 7) is 0. The molecule has 3 aromatic rings. The van der Waals surface area contributed by atoms with Gasteiger partial charge in [0.2, 0.25) is 0 Å². The van der Waals surface area contributed by atoms with E-state index in [0.29, 0.717) is 15.1 Å². The fourth-order valence-electron chi connectivity index (χ4n) is 1.30. The van der Waals surface area contributed by atoms with Gasteiger partial charge in [0, 0.05) is 24.8 Å². The predicted molar refractivity (Wildman–Crippen MR) is 89.2 cm³/mol. The average molecular weight is 345 g/mol. The van der Waals surface area contributed by atoms with Crippen LogP contribution in [0.15, 0.2) is 65.7 Å². The van der Waals surface area contributed by atoms with Gasteiger partial charge in [-0.3, -0.25) is 0 Å². The Morgan fingerprint density at radius 2 is 1.27 bits per heavy atom. The second-order valence-electron chi connectivity index (χ2n) is 3.65. The molecule has 0 aliphatic rings. The van der Waals surface area contributed by atoms with E-state index >= 15 is 0 Å². The minimum absolute atomic E-state index is 0.657. The topological polar surface area (TPSA) is 78.5 Å². The summed E-state index contributed by atoms with van der Waals surface area (Å²) in [4.78, 5) is 25.3. The van der Waals surface area contributed by atoms with Crippen LogP contribution in [0.2, 0.25) is 0 Å². The molecule has 0 aromatic carbocycles. The summed E-state index contributed by atoms with van der Waals surface area (Å²) in [7, 11) is 1.44. The van der Waals surface area contributed by atoms with Gasteiger partial charge in [0.05, 0.1) is 0 Å². The Hall–Kier alpha value is -1.97. The Balaban J connectivity index is 1.98. The van der Waals surface area contributed by atoms with Gasteiger partial charge in [-0.15, -0.1) is 10.9 Å². The van der Waals surface area contributed by atoms with Gasteiger partial charge in [-0.05, 0) is 40.4 Å². The SMILES string of the molecule is c1cnc(SC(Sc2ncccn2)=S=c2nccc[n-]2)nc1. The third-order valence-corrected chi connectivity index (χ3v) is 5.33. The number of rotatable bonds is 2. The van der Waals surface area contributed by atoms with E-state index in [0.717, 1.165) is 3.53 Å². The molecule has 0 atom stereocenters. The first-order valence-corrected chi connectivity index (χ1v) is 8.57. The minimum atomic E-state index is 0.657. The Bertz CT molecular complexity index is 770. The summed E-state index contributed by atoms with van der Waals surface area (Å²) in [6.07, 6.45) is 10.3. The van der Waals surface area contributed by atoms with Crippen LogP contribution in [0.5, 0.6) is 0 Å². The molecule has 3 heterocycles. The van der Waals surface area contributed by atoms with Crippen LogP contribution in [0.1, 0.15) is 0 Å². The first-order valence-electron chi connectivity index (χ1n) is 6.12. The van der Waals surface area contributed by atoms with Crippen molar-refractivity contribution in [2.75, 3.05) is 0 Å². The average Bonchev–Trinajstić information content (AvgIpc) is 2.57. The Morgan fingerprint density at radius 1 is 0.727 bits per heavy atom. The predicted octanol–water partition coefficient (Wildman–Crippen LogP) is 2.56. The molecule has 0 N–H and O–H groups in total. The van der Waals surface area contributed by atoms with Crippen molar-refractivity contribution >= 4 is 38.0 Å². The molecular weight excluding hydrogens is 336 g/mol. The zero-order valence-corrected chi connectivity index (χ0v) is 13.6. The third-order valence-electron chi connectivity index (χ3n) is 2.15. The number of hydrogen-bond donors (Lipinski definition) is 0. The van der Waals surface area contributed by atoms with E-state index in [4.69, 9.17) is 0 Å². The first-order chi connectivity index (χ1) is 10.9. The summed E-state index contributed by atoms with van der Waals surface area (Å²) < 4.78 is 1.59. The zero-order valence-electron chi connectivity index (χ0n) is 11.1. The van der Waals surface area contributed by atoms with Crippen molar-refractivity contribution in [1.82, 2.24) is 29.9 Å². The lowest BCUT2D eigenvalue weighted by Gasteiger charge is -2.02. The van der Waals surface area contributed by atoms with Gasteiger partial charge in [-0.1, -0.05) is 18.5 Å². The Morgan fingerprint density at radius 3 is 1.77 bits per heavy atom. The van der Waals surface area contributed by atoms with Crippen molar-refractivity contribution in [3.8, 4) is 0 Å². The molecule has 6 nitrogen and oxygen atoms in total. The lowest BCUT2D eigenvalue weighted by Crippen LogP contribution is -1.91. The van der Waals surface area contributed by atoms with Crippen LogP contribution in [-0.4, -0.2) is 28.4 Å². The molecule has 3 aromatic heterocycles. The highest BCUT2D eigenvalue weighted by Crippen LogP contribution is 2.27. The summed E-state index contributed by atoms with van der Waals surface area (Å²) >= 11 is 2.88. The summed E-state index contributed by atoms with van der Waals surface area (Å²) in [5, 5.41) is 1.31. The zero-order chi connectivity index (χ0) is 15.0. The van der Waals surface area contributed by atoms with Crippen molar-refractivity contribution in [3.05, 3.63) is 60.2 Å². The Labute approximate surface area is 138 Å². The number of hydrogen-bond acceptors (Lipinski definition) is 7. The molecular formula is C13H9N6S3-. The second kappa shape index (κ2) is 7.87. The maximum atomic E-state index is 4.22. The van der Waals surface area contributed by atoms with Gasteiger partial charge < -0.3 is 9.97 Å². The largest absolute Gasteiger partial charge is 0.434 e. The highest BCUT2D eigenvalue weighted by atomic mass is 32.2. The molecule has 0 saturated heterocycles. The van der Waals surface area contributed by atoms with Crippen LogP contribution in [0.25, 0.3) is 0 Å². The van der Waals surface area contributed by atoms with E-state index in [1.54, 1.807) is 55.4 Å². The van der Waals surface area contributed by atoms with E-state index in [1.807, 2.05) is 0 Å². The normalized spacial score (nSPS) is 10.2. The molecule has 0 saturated carbocycles. The van der Waals surface area contributed by atoms with Crippen LogP contribution >= 0.6 is 34.5 Å². The highest BCUT2D eigenvalue weighted by Gasteiger charge is 2.06. The van der Waals surface area contributed by atoms with Crippen molar-refractivity contribution in [2.45, 2.75) is 10.3 Å². The van der Waals surface area contributed by atoms with Crippen molar-refractivity contribution in [3.63, 3.8) is 0 Å². The molecule has 0 amide bonds. The Kier molecular flexibility index (Phi) is 5.35. The number of nitrogens with zero attached hydrogens (tertiary/aromatic N) is 6. The molecule has 9 heteroatoms. The van der Waals surface area contributed by atoms with Gasteiger partial charge in [0.25, 0.3) is 0 Å². The maximum Gasteiger partial charge on any atom is 0.193 e. The van der Waals surface area contributed by atoms with Gasteiger partial charge in [0.1, 0.15) is 3.53 Å². The summed E-state index contributed by atoms with van der Waals surface area (Å²) in [6, 6.07) is 5.35. The smallest absolute Gasteiger partial charge is 0.193 e.